The highest BCUT2D eigenvalue weighted by atomic mass is 16.3. The Kier molecular flexibility index (Phi) is 2.14. The molecular weight excluding hydrogens is 124 g/mol. The summed E-state index contributed by atoms with van der Waals surface area (Å²) >= 11 is 0. The largest absolute Gasteiger partial charge is 0.388 e. The van der Waals surface area contributed by atoms with Crippen LogP contribution in [0.5, 0.6) is 0 Å². The lowest BCUT2D eigenvalue weighted by atomic mass is 9.83. The second-order valence-electron chi connectivity index (χ2n) is 3.55. The lowest BCUT2D eigenvalue weighted by molar-refractivity contribution is 0.129. The van der Waals surface area contributed by atoms with E-state index in [2.05, 4.69) is 19.9 Å². The molecule has 1 aliphatic carbocycles. The van der Waals surface area contributed by atoms with Crippen molar-refractivity contribution in [1.29, 1.82) is 0 Å². The van der Waals surface area contributed by atoms with Crippen molar-refractivity contribution in [2.45, 2.75) is 33.3 Å². The van der Waals surface area contributed by atoms with Crippen LogP contribution in [0.25, 0.3) is 0 Å². The van der Waals surface area contributed by atoms with Crippen LogP contribution in [-0.4, -0.2) is 11.2 Å². The minimum absolute atomic E-state index is 0.184. The maximum Gasteiger partial charge on any atom is 0.0773 e. The van der Waals surface area contributed by atoms with Crippen LogP contribution in [0.2, 0.25) is 0 Å². The number of aliphatic hydroxyl groups is 1. The predicted octanol–water partition coefficient (Wildman–Crippen LogP) is 1.97. The van der Waals surface area contributed by atoms with Gasteiger partial charge in [-0.3, -0.25) is 0 Å². The topological polar surface area (TPSA) is 20.2 Å². The summed E-state index contributed by atoms with van der Waals surface area (Å²) < 4.78 is 0. The Labute approximate surface area is 62.8 Å². The number of hydrogen-bond donors (Lipinski definition) is 1. The molecule has 0 aromatic rings. The van der Waals surface area contributed by atoms with Gasteiger partial charge in [0.1, 0.15) is 0 Å². The van der Waals surface area contributed by atoms with Gasteiger partial charge in [0.2, 0.25) is 0 Å². The van der Waals surface area contributed by atoms with E-state index in [4.69, 9.17) is 0 Å². The molecule has 0 aromatic carbocycles. The lowest BCUT2D eigenvalue weighted by Crippen LogP contribution is -2.25. The zero-order valence-corrected chi connectivity index (χ0v) is 6.96. The standard InChI is InChI=1S/C9H16O/c1-6-4-7(2)9(10)8(3)5-6/h4,6,8-10H,5H2,1-3H3/t6-,8?,9?/m1/s1. The van der Waals surface area contributed by atoms with Gasteiger partial charge in [0, 0.05) is 0 Å². The Morgan fingerprint density at radius 2 is 2.10 bits per heavy atom. The normalized spacial score (nSPS) is 41.2. The monoisotopic (exact) mass is 140 g/mol. The summed E-state index contributed by atoms with van der Waals surface area (Å²) in [5, 5.41) is 9.50. The van der Waals surface area contributed by atoms with Gasteiger partial charge >= 0.3 is 0 Å². The number of rotatable bonds is 0. The molecule has 0 spiro atoms. The van der Waals surface area contributed by atoms with Crippen LogP contribution in [0.15, 0.2) is 11.6 Å². The van der Waals surface area contributed by atoms with Gasteiger partial charge in [0.25, 0.3) is 0 Å². The Hall–Kier alpha value is -0.300. The van der Waals surface area contributed by atoms with Crippen LogP contribution >= 0.6 is 0 Å². The van der Waals surface area contributed by atoms with Crippen LogP contribution in [-0.2, 0) is 0 Å². The fraction of sp³-hybridized carbons (Fsp3) is 0.778. The molecule has 1 rings (SSSR count). The van der Waals surface area contributed by atoms with Crippen molar-refractivity contribution in [3.8, 4) is 0 Å². The van der Waals surface area contributed by atoms with Crippen LogP contribution in [0.4, 0.5) is 0 Å². The number of allylic oxidation sites excluding steroid dienone is 1. The van der Waals surface area contributed by atoms with E-state index in [1.165, 1.54) is 0 Å². The molecule has 0 aromatic heterocycles. The molecule has 1 N–H and O–H groups in total. The highest BCUT2D eigenvalue weighted by Gasteiger charge is 2.22. The highest BCUT2D eigenvalue weighted by molar-refractivity contribution is 5.11. The summed E-state index contributed by atoms with van der Waals surface area (Å²) in [6.45, 7) is 6.32. The summed E-state index contributed by atoms with van der Waals surface area (Å²) in [7, 11) is 0. The van der Waals surface area contributed by atoms with Gasteiger partial charge in [-0.25, -0.2) is 0 Å². The highest BCUT2D eigenvalue weighted by Crippen LogP contribution is 2.27. The maximum atomic E-state index is 9.50. The second kappa shape index (κ2) is 2.75. The van der Waals surface area contributed by atoms with Gasteiger partial charge < -0.3 is 5.11 Å². The van der Waals surface area contributed by atoms with Crippen molar-refractivity contribution < 1.29 is 5.11 Å². The zero-order chi connectivity index (χ0) is 7.72. The summed E-state index contributed by atoms with van der Waals surface area (Å²) in [6.07, 6.45) is 3.11. The molecule has 2 unspecified atom stereocenters. The molecule has 58 valence electrons. The molecule has 0 amide bonds. The van der Waals surface area contributed by atoms with E-state index in [9.17, 15) is 5.11 Å². The van der Waals surface area contributed by atoms with Gasteiger partial charge in [0.05, 0.1) is 6.10 Å². The van der Waals surface area contributed by atoms with E-state index < -0.39 is 0 Å². The molecule has 1 nitrogen and oxygen atoms in total. The van der Waals surface area contributed by atoms with Crippen molar-refractivity contribution in [3.63, 3.8) is 0 Å². The molecule has 1 heteroatoms. The van der Waals surface area contributed by atoms with Gasteiger partial charge in [0.15, 0.2) is 0 Å². The SMILES string of the molecule is CC1=C[C@@H](C)CC(C)C1O. The fourth-order valence-corrected chi connectivity index (χ4v) is 1.78. The van der Waals surface area contributed by atoms with Crippen molar-refractivity contribution >= 4 is 0 Å². The second-order valence-corrected chi connectivity index (χ2v) is 3.55. The molecule has 0 saturated heterocycles. The minimum atomic E-state index is -0.184. The zero-order valence-electron chi connectivity index (χ0n) is 6.96. The lowest BCUT2D eigenvalue weighted by Gasteiger charge is -2.27. The van der Waals surface area contributed by atoms with Crippen LogP contribution in [0, 0.1) is 11.8 Å². The Balaban J connectivity index is 2.71. The van der Waals surface area contributed by atoms with E-state index in [1.54, 1.807) is 0 Å². The first-order valence-corrected chi connectivity index (χ1v) is 3.97. The third kappa shape index (κ3) is 1.40. The van der Waals surface area contributed by atoms with Gasteiger partial charge in [-0.05, 0) is 30.8 Å². The van der Waals surface area contributed by atoms with E-state index in [1.807, 2.05) is 6.92 Å². The average molecular weight is 140 g/mol. The molecule has 0 radical (unpaired) electrons. The average Bonchev–Trinajstić information content (AvgIpc) is 1.82. The smallest absolute Gasteiger partial charge is 0.0773 e. The maximum absolute atomic E-state index is 9.50. The summed E-state index contributed by atoms with van der Waals surface area (Å²) in [5.74, 6) is 1.10. The molecule has 0 bridgehead atoms. The third-order valence-corrected chi connectivity index (χ3v) is 2.30. The van der Waals surface area contributed by atoms with E-state index >= 15 is 0 Å². The van der Waals surface area contributed by atoms with Crippen LogP contribution < -0.4 is 0 Å². The van der Waals surface area contributed by atoms with E-state index in [-0.39, 0.29) is 6.10 Å². The molecular formula is C9H16O. The Morgan fingerprint density at radius 1 is 1.50 bits per heavy atom. The van der Waals surface area contributed by atoms with Crippen molar-refractivity contribution in [1.82, 2.24) is 0 Å². The summed E-state index contributed by atoms with van der Waals surface area (Å²) in [4.78, 5) is 0. The number of hydrogen-bond acceptors (Lipinski definition) is 1. The molecule has 0 aliphatic heterocycles. The van der Waals surface area contributed by atoms with Crippen molar-refractivity contribution in [3.05, 3.63) is 11.6 Å². The van der Waals surface area contributed by atoms with Crippen LogP contribution in [0.3, 0.4) is 0 Å². The fourth-order valence-electron chi connectivity index (χ4n) is 1.78. The van der Waals surface area contributed by atoms with E-state index in [0.717, 1.165) is 12.0 Å². The van der Waals surface area contributed by atoms with Crippen molar-refractivity contribution in [2.75, 3.05) is 0 Å². The molecule has 0 fully saturated rings. The molecule has 10 heavy (non-hydrogen) atoms. The van der Waals surface area contributed by atoms with E-state index in [0.29, 0.717) is 11.8 Å². The van der Waals surface area contributed by atoms with Gasteiger partial charge in [-0.15, -0.1) is 0 Å². The first-order chi connectivity index (χ1) is 4.61. The Morgan fingerprint density at radius 3 is 2.60 bits per heavy atom. The van der Waals surface area contributed by atoms with Crippen molar-refractivity contribution in [2.24, 2.45) is 11.8 Å². The number of aliphatic hydroxyl groups excluding tert-OH is 1. The molecule has 3 atom stereocenters. The van der Waals surface area contributed by atoms with Gasteiger partial charge in [-0.2, -0.15) is 0 Å². The quantitative estimate of drug-likeness (QED) is 0.510. The first kappa shape index (κ1) is 7.80. The molecule has 0 saturated carbocycles. The molecule has 1 aliphatic rings. The van der Waals surface area contributed by atoms with Crippen LogP contribution in [0.1, 0.15) is 27.2 Å². The first-order valence-electron chi connectivity index (χ1n) is 3.97. The van der Waals surface area contributed by atoms with Gasteiger partial charge in [-0.1, -0.05) is 19.9 Å². The minimum Gasteiger partial charge on any atom is -0.388 e. The summed E-state index contributed by atoms with van der Waals surface area (Å²) in [6, 6.07) is 0. The summed E-state index contributed by atoms with van der Waals surface area (Å²) in [5.41, 5.74) is 1.14. The predicted molar refractivity (Wildman–Crippen MR) is 42.7 cm³/mol. The Bertz CT molecular complexity index is 149. The molecule has 0 heterocycles. The third-order valence-electron chi connectivity index (χ3n) is 2.30.